The summed E-state index contributed by atoms with van der Waals surface area (Å²) in [4.78, 5) is 29.6. The van der Waals surface area contributed by atoms with Crippen molar-refractivity contribution in [3.8, 4) is 0 Å². The van der Waals surface area contributed by atoms with Crippen LogP contribution in [0.2, 0.25) is 0 Å². The number of hydrogen-bond donors (Lipinski definition) is 1. The van der Waals surface area contributed by atoms with Crippen LogP contribution in [0.5, 0.6) is 0 Å². The Kier molecular flexibility index (Phi) is 4.75. The first-order valence-corrected chi connectivity index (χ1v) is 23.7. The molecule has 3 aromatic heterocycles. The van der Waals surface area contributed by atoms with Crippen LogP contribution in [0.25, 0.3) is 32.3 Å². The second-order valence-corrected chi connectivity index (χ2v) is 24.6. The Balaban J connectivity index is 1.57. The van der Waals surface area contributed by atoms with Gasteiger partial charge >= 0.3 is 256 Å². The molecule has 3 aliphatic rings. The molecule has 0 fully saturated rings. The molecule has 1 atom stereocenters. The number of hydrogen-bond acceptors (Lipinski definition) is 5. The molecule has 0 amide bonds. The zero-order valence-electron chi connectivity index (χ0n) is 22.2. The molecule has 11 heteroatoms. The summed E-state index contributed by atoms with van der Waals surface area (Å²) in [6.07, 6.45) is -0.502. The average molecular weight is 704 g/mol. The molecule has 0 aliphatic carbocycles. The van der Waals surface area contributed by atoms with Crippen molar-refractivity contribution in [2.45, 2.75) is 6.17 Å². The average Bonchev–Trinajstić information content (AvgIpc) is 3.74. The maximum atomic E-state index is 7.86. The molecule has 0 saturated heterocycles. The third kappa shape index (κ3) is 3.15. The van der Waals surface area contributed by atoms with Gasteiger partial charge in [-0.3, -0.25) is 0 Å². The molecule has 0 radical (unpaired) electrons. The van der Waals surface area contributed by atoms with Gasteiger partial charge in [0.1, 0.15) is 0 Å². The summed E-state index contributed by atoms with van der Waals surface area (Å²) in [6, 6.07) is 32.4. The molecule has 8 nitrogen and oxygen atoms in total. The van der Waals surface area contributed by atoms with Crippen molar-refractivity contribution >= 4 is 84.3 Å². The number of rotatable bonds is 0. The van der Waals surface area contributed by atoms with Crippen molar-refractivity contribution < 1.29 is 0 Å². The van der Waals surface area contributed by atoms with Gasteiger partial charge in [0.2, 0.25) is 0 Å². The molecule has 43 heavy (non-hydrogen) atoms. The number of aliphatic imine (C=N–C) groups is 1. The Hall–Kier alpha value is -4.25. The molecule has 1 unspecified atom stereocenters. The monoisotopic (exact) mass is 704 g/mol. The third-order valence-electron chi connectivity index (χ3n) is 8.49. The van der Waals surface area contributed by atoms with Crippen molar-refractivity contribution in [2.75, 3.05) is 0 Å². The number of benzene rings is 4. The normalized spacial score (nSPS) is 19.8. The van der Waals surface area contributed by atoms with Gasteiger partial charge < -0.3 is 0 Å². The van der Waals surface area contributed by atoms with E-state index in [4.69, 9.17) is 42.8 Å². The number of halogens is 2. The van der Waals surface area contributed by atoms with Gasteiger partial charge in [0.05, 0.1) is 0 Å². The molecular formula is C32H18Cl2N8Sn. The number of nitrogens with zero attached hydrogens (tertiary/aromatic N) is 7. The van der Waals surface area contributed by atoms with Crippen molar-refractivity contribution in [3.63, 3.8) is 0 Å². The Labute approximate surface area is 254 Å². The van der Waals surface area contributed by atoms with E-state index in [0.717, 1.165) is 43.4 Å². The number of H-pyrrole nitrogens is 1. The molecular weight excluding hydrogens is 686 g/mol. The van der Waals surface area contributed by atoms with Crippen molar-refractivity contribution in [2.24, 2.45) is 25.0 Å². The summed E-state index contributed by atoms with van der Waals surface area (Å²) < 4.78 is 3.99. The van der Waals surface area contributed by atoms with E-state index in [1.165, 1.54) is 0 Å². The maximum absolute atomic E-state index is 7.86. The van der Waals surface area contributed by atoms with E-state index >= 15 is 0 Å². The number of nitrogens with one attached hydrogen (secondary N) is 1. The summed E-state index contributed by atoms with van der Waals surface area (Å²) in [5.41, 5.74) is 4.52. The van der Waals surface area contributed by atoms with E-state index in [-0.39, 0.29) is 0 Å². The SMILES string of the molecule is [Cl][Sn]1([Cl])[n]2c3c4ccccc4/c2=N/c2[nH]c(c4ccccc24)/N=c2/c4ccccc4/c([n]21)=N/C1N=C(N=3)c2ccccc21. The second kappa shape index (κ2) is 8.43. The minimum absolute atomic E-state index is 0.502. The number of aromatic nitrogens is 3. The van der Waals surface area contributed by atoms with Gasteiger partial charge in [-0.1, -0.05) is 0 Å². The van der Waals surface area contributed by atoms with Crippen LogP contribution >= 0.6 is 17.8 Å². The van der Waals surface area contributed by atoms with Crippen LogP contribution in [-0.4, -0.2) is 33.1 Å². The number of fused-ring (bicyclic) bond motifs is 15. The van der Waals surface area contributed by atoms with Crippen LogP contribution in [0.15, 0.2) is 122 Å². The summed E-state index contributed by atoms with van der Waals surface area (Å²) in [5.74, 6) is 1.98. The molecule has 3 aliphatic heterocycles. The predicted molar refractivity (Wildman–Crippen MR) is 170 cm³/mol. The van der Waals surface area contributed by atoms with Crippen molar-refractivity contribution in [3.05, 3.63) is 130 Å². The molecule has 6 heterocycles. The van der Waals surface area contributed by atoms with Gasteiger partial charge in [0, 0.05) is 0 Å². The zero-order valence-corrected chi connectivity index (χ0v) is 26.6. The van der Waals surface area contributed by atoms with Gasteiger partial charge in [-0.25, -0.2) is 0 Å². The Bertz CT molecular complexity index is 2680. The topological polar surface area (TPSA) is 87.5 Å². The van der Waals surface area contributed by atoms with E-state index in [1.54, 1.807) is 0 Å². The Morgan fingerprint density at radius 3 is 1.60 bits per heavy atom. The van der Waals surface area contributed by atoms with E-state index in [0.29, 0.717) is 39.4 Å². The number of amidine groups is 1. The van der Waals surface area contributed by atoms with E-state index in [2.05, 4.69) is 35.3 Å². The van der Waals surface area contributed by atoms with E-state index < -0.39 is 22.8 Å². The van der Waals surface area contributed by atoms with Gasteiger partial charge in [-0.15, -0.1) is 0 Å². The second-order valence-electron chi connectivity index (χ2n) is 10.8. The van der Waals surface area contributed by atoms with Crippen LogP contribution in [0.3, 0.4) is 0 Å². The van der Waals surface area contributed by atoms with Crippen molar-refractivity contribution in [1.82, 2.24) is 10.6 Å². The molecule has 7 aromatic rings. The van der Waals surface area contributed by atoms with E-state index in [9.17, 15) is 0 Å². The fourth-order valence-corrected chi connectivity index (χ4v) is 16.4. The Morgan fingerprint density at radius 1 is 0.535 bits per heavy atom. The molecule has 0 saturated carbocycles. The fourth-order valence-electron chi connectivity index (χ4n) is 6.61. The summed E-state index contributed by atoms with van der Waals surface area (Å²) in [5, 5.41) is 5.54. The molecule has 0 spiro atoms. The van der Waals surface area contributed by atoms with Crippen LogP contribution < -0.4 is 22.0 Å². The zero-order chi connectivity index (χ0) is 28.4. The third-order valence-corrected chi connectivity index (χ3v) is 18.5. The first kappa shape index (κ1) is 24.2. The van der Waals surface area contributed by atoms with Crippen LogP contribution in [0.1, 0.15) is 17.3 Å². The van der Waals surface area contributed by atoms with Gasteiger partial charge in [0.25, 0.3) is 0 Å². The summed E-state index contributed by atoms with van der Waals surface area (Å²) in [7, 11) is 15.7. The van der Waals surface area contributed by atoms with Crippen molar-refractivity contribution in [1.29, 1.82) is 0 Å². The Morgan fingerprint density at radius 2 is 1.00 bits per heavy atom. The number of aromatic amines is 1. The minimum atomic E-state index is -4.87. The quantitative estimate of drug-likeness (QED) is 0.208. The van der Waals surface area contributed by atoms with Gasteiger partial charge in [0.15, 0.2) is 0 Å². The molecule has 10 rings (SSSR count). The predicted octanol–water partition coefficient (Wildman–Crippen LogP) is 5.31. The van der Waals surface area contributed by atoms with Crippen LogP contribution in [-0.2, 0) is 0 Å². The van der Waals surface area contributed by atoms with Crippen LogP contribution in [0.4, 0.5) is 11.6 Å². The first-order chi connectivity index (χ1) is 21.1. The molecule has 4 aromatic carbocycles. The standard InChI is InChI=1S/C32H18N8.2ClH.Sn/c1-2-10-18-17(9-1)25-33-26(18)38-28-21-13-5-6-14-22(21)30(35-28)40-32-24-16-8-7-15-23(24)31(36-32)39-29-20-12-4-3-11-19(20)27(34-29)37-25;;;/h1-16,25,36H;2*1H;/q-2;;;+4/p-2. The molecule has 6 bridgehead atoms. The van der Waals surface area contributed by atoms with Gasteiger partial charge in [-0.2, -0.15) is 0 Å². The molecule has 1 N–H and O–H groups in total. The summed E-state index contributed by atoms with van der Waals surface area (Å²) >= 11 is -4.87. The first-order valence-electron chi connectivity index (χ1n) is 13.9. The summed E-state index contributed by atoms with van der Waals surface area (Å²) in [6.45, 7) is 0. The van der Waals surface area contributed by atoms with Gasteiger partial charge in [-0.05, 0) is 0 Å². The molecule has 204 valence electrons. The van der Waals surface area contributed by atoms with E-state index in [1.807, 2.05) is 72.3 Å². The fraction of sp³-hybridized carbons (Fsp3) is 0.0312. The van der Waals surface area contributed by atoms with Crippen LogP contribution in [0, 0.1) is 0 Å².